The molecule has 18 heavy (non-hydrogen) atoms. The van der Waals surface area contributed by atoms with Crippen LogP contribution in [0.5, 0.6) is 0 Å². The van der Waals surface area contributed by atoms with Gasteiger partial charge in [-0.15, -0.1) is 11.5 Å². The van der Waals surface area contributed by atoms with Crippen LogP contribution in [0.3, 0.4) is 0 Å². The lowest BCUT2D eigenvalue weighted by atomic mass is 10.2. The first-order valence-corrected chi connectivity index (χ1v) is 10.6. The molecule has 0 aromatic carbocycles. The Hall–Kier alpha value is -0.303. The summed E-state index contributed by atoms with van der Waals surface area (Å²) in [7, 11) is -1.26. The van der Waals surface area contributed by atoms with Gasteiger partial charge in [0.2, 0.25) is 0 Å². The van der Waals surface area contributed by atoms with E-state index in [-0.39, 0.29) is 6.29 Å². The van der Waals surface area contributed by atoms with E-state index < -0.39 is 8.07 Å². The average Bonchev–Trinajstić information content (AvgIpc) is 2.37. The maximum atomic E-state index is 5.67. The van der Waals surface area contributed by atoms with Gasteiger partial charge >= 0.3 is 0 Å². The molecular formula is C15H28O2Si. The number of rotatable bonds is 6. The van der Waals surface area contributed by atoms with Gasteiger partial charge in [0.25, 0.3) is 0 Å². The van der Waals surface area contributed by atoms with E-state index in [1.807, 2.05) is 0 Å². The van der Waals surface area contributed by atoms with E-state index in [1.54, 1.807) is 0 Å². The molecule has 104 valence electrons. The van der Waals surface area contributed by atoms with Crippen molar-refractivity contribution in [1.29, 1.82) is 0 Å². The third-order valence-electron chi connectivity index (χ3n) is 3.25. The van der Waals surface area contributed by atoms with Crippen LogP contribution in [0.2, 0.25) is 19.1 Å². The summed E-state index contributed by atoms with van der Waals surface area (Å²) in [6, 6.07) is 1.32. The zero-order valence-corrected chi connectivity index (χ0v) is 13.3. The first kappa shape index (κ1) is 15.8. The van der Waals surface area contributed by atoms with Crippen molar-refractivity contribution in [1.82, 2.24) is 0 Å². The van der Waals surface area contributed by atoms with E-state index in [1.165, 1.54) is 31.7 Å². The molecule has 1 heterocycles. The molecule has 0 bridgehead atoms. The summed E-state index contributed by atoms with van der Waals surface area (Å²) >= 11 is 0. The third-order valence-corrected chi connectivity index (χ3v) is 5.71. The molecule has 1 fully saturated rings. The Morgan fingerprint density at radius 1 is 1.33 bits per heavy atom. The van der Waals surface area contributed by atoms with Crippen molar-refractivity contribution < 1.29 is 9.47 Å². The van der Waals surface area contributed by atoms with Gasteiger partial charge in [0.15, 0.2) is 6.29 Å². The zero-order valence-electron chi connectivity index (χ0n) is 12.3. The third kappa shape index (κ3) is 7.20. The van der Waals surface area contributed by atoms with Crippen LogP contribution in [0.15, 0.2) is 0 Å². The van der Waals surface area contributed by atoms with Gasteiger partial charge in [-0.2, -0.15) is 0 Å². The summed E-state index contributed by atoms with van der Waals surface area (Å²) in [4.78, 5) is 0. The van der Waals surface area contributed by atoms with Crippen LogP contribution in [0, 0.1) is 11.5 Å². The molecule has 0 saturated carbocycles. The standard InChI is InChI=1S/C15H28O2Si/c1-4-5-13-18(2,3)14-9-8-12-17-15-10-6-7-11-16-15/h15H,4-8,10-13H2,1-3H3. The highest BCUT2D eigenvalue weighted by molar-refractivity contribution is 6.85. The molecule has 1 atom stereocenters. The molecule has 0 N–H and O–H groups in total. The lowest BCUT2D eigenvalue weighted by molar-refractivity contribution is -0.161. The first-order chi connectivity index (χ1) is 8.64. The normalized spacial score (nSPS) is 20.3. The molecule has 0 aliphatic carbocycles. The van der Waals surface area contributed by atoms with Crippen molar-refractivity contribution in [2.45, 2.75) is 70.9 Å². The summed E-state index contributed by atoms with van der Waals surface area (Å²) in [6.45, 7) is 8.54. The van der Waals surface area contributed by atoms with Gasteiger partial charge in [0.1, 0.15) is 8.07 Å². The molecule has 1 saturated heterocycles. The summed E-state index contributed by atoms with van der Waals surface area (Å²) in [5.41, 5.74) is 3.50. The van der Waals surface area contributed by atoms with Crippen LogP contribution in [0.25, 0.3) is 0 Å². The molecule has 2 nitrogen and oxygen atoms in total. The van der Waals surface area contributed by atoms with E-state index in [0.717, 1.165) is 26.1 Å². The van der Waals surface area contributed by atoms with Crippen molar-refractivity contribution >= 4 is 8.07 Å². The van der Waals surface area contributed by atoms with Crippen LogP contribution >= 0.6 is 0 Å². The predicted molar refractivity (Wildman–Crippen MR) is 79.1 cm³/mol. The van der Waals surface area contributed by atoms with Crippen molar-refractivity contribution in [2.24, 2.45) is 0 Å². The Bertz CT molecular complexity index is 272. The molecule has 0 spiro atoms. The predicted octanol–water partition coefficient (Wildman–Crippen LogP) is 3.97. The van der Waals surface area contributed by atoms with Gasteiger partial charge < -0.3 is 9.47 Å². The molecule has 1 unspecified atom stereocenters. The Morgan fingerprint density at radius 2 is 2.17 bits per heavy atom. The smallest absolute Gasteiger partial charge is 0.157 e. The van der Waals surface area contributed by atoms with Gasteiger partial charge in [0.05, 0.1) is 6.61 Å². The van der Waals surface area contributed by atoms with Crippen molar-refractivity contribution in [2.75, 3.05) is 13.2 Å². The van der Waals surface area contributed by atoms with Crippen molar-refractivity contribution in [3.8, 4) is 11.5 Å². The number of hydrogen-bond donors (Lipinski definition) is 0. The maximum Gasteiger partial charge on any atom is 0.157 e. The highest BCUT2D eigenvalue weighted by Gasteiger charge is 2.16. The summed E-state index contributed by atoms with van der Waals surface area (Å²) < 4.78 is 11.2. The molecule has 1 rings (SSSR count). The largest absolute Gasteiger partial charge is 0.353 e. The van der Waals surface area contributed by atoms with Crippen LogP contribution in [-0.4, -0.2) is 27.6 Å². The number of ether oxygens (including phenoxy) is 2. The molecule has 0 amide bonds. The van der Waals surface area contributed by atoms with E-state index in [0.29, 0.717) is 0 Å². The first-order valence-electron chi connectivity index (χ1n) is 7.37. The molecule has 0 aromatic rings. The Morgan fingerprint density at radius 3 is 2.83 bits per heavy atom. The highest BCUT2D eigenvalue weighted by atomic mass is 28.3. The molecule has 1 aliphatic heterocycles. The topological polar surface area (TPSA) is 18.5 Å². The van der Waals surface area contributed by atoms with E-state index in [9.17, 15) is 0 Å². The molecule has 1 aliphatic rings. The molecule has 0 radical (unpaired) electrons. The Labute approximate surface area is 113 Å². The number of unbranched alkanes of at least 4 members (excludes halogenated alkanes) is 1. The van der Waals surface area contributed by atoms with E-state index in [4.69, 9.17) is 9.47 Å². The van der Waals surface area contributed by atoms with Crippen LogP contribution in [0.4, 0.5) is 0 Å². The Kier molecular flexibility index (Phi) is 7.65. The highest BCUT2D eigenvalue weighted by Crippen LogP contribution is 2.14. The SMILES string of the molecule is CCCC[Si](C)(C)C#CCCOC1CCCCO1. The van der Waals surface area contributed by atoms with E-state index >= 15 is 0 Å². The molecule has 3 heteroatoms. The second kappa shape index (κ2) is 8.74. The van der Waals surface area contributed by atoms with Crippen LogP contribution in [-0.2, 0) is 9.47 Å². The van der Waals surface area contributed by atoms with Crippen molar-refractivity contribution in [3.63, 3.8) is 0 Å². The summed E-state index contributed by atoms with van der Waals surface area (Å²) in [5.74, 6) is 3.31. The minimum Gasteiger partial charge on any atom is -0.353 e. The maximum absolute atomic E-state index is 5.67. The second-order valence-electron chi connectivity index (χ2n) is 5.71. The van der Waals surface area contributed by atoms with Crippen molar-refractivity contribution in [3.05, 3.63) is 0 Å². The zero-order chi connectivity index (χ0) is 13.3. The molecular weight excluding hydrogens is 240 g/mol. The fourth-order valence-electron chi connectivity index (χ4n) is 2.07. The lowest BCUT2D eigenvalue weighted by Gasteiger charge is -2.22. The lowest BCUT2D eigenvalue weighted by Crippen LogP contribution is -2.23. The Balaban J connectivity index is 2.12. The van der Waals surface area contributed by atoms with E-state index in [2.05, 4.69) is 31.5 Å². The second-order valence-corrected chi connectivity index (χ2v) is 10.2. The average molecular weight is 268 g/mol. The minimum atomic E-state index is -1.26. The van der Waals surface area contributed by atoms with Crippen LogP contribution in [0.1, 0.15) is 45.4 Å². The summed E-state index contributed by atoms with van der Waals surface area (Å²) in [6.07, 6.45) is 6.93. The quantitative estimate of drug-likeness (QED) is 0.412. The van der Waals surface area contributed by atoms with Crippen LogP contribution < -0.4 is 0 Å². The van der Waals surface area contributed by atoms with Gasteiger partial charge in [-0.25, -0.2) is 0 Å². The van der Waals surface area contributed by atoms with Gasteiger partial charge in [-0.05, 0) is 25.3 Å². The fourth-order valence-corrected chi connectivity index (χ4v) is 4.03. The number of hydrogen-bond acceptors (Lipinski definition) is 2. The fraction of sp³-hybridized carbons (Fsp3) is 0.867. The summed E-state index contributed by atoms with van der Waals surface area (Å²) in [5, 5.41) is 0. The van der Waals surface area contributed by atoms with Gasteiger partial charge in [-0.3, -0.25) is 0 Å². The van der Waals surface area contributed by atoms with Gasteiger partial charge in [-0.1, -0.05) is 32.9 Å². The monoisotopic (exact) mass is 268 g/mol. The minimum absolute atomic E-state index is 0.0332. The van der Waals surface area contributed by atoms with Gasteiger partial charge in [0, 0.05) is 13.0 Å². The molecule has 0 aromatic heterocycles.